The van der Waals surface area contributed by atoms with Crippen LogP contribution in [-0.4, -0.2) is 45.0 Å². The molecule has 15 heavy (non-hydrogen) atoms. The molecule has 0 aromatic rings. The lowest BCUT2D eigenvalue weighted by Gasteiger charge is -2.15. The van der Waals surface area contributed by atoms with Gasteiger partial charge < -0.3 is 14.2 Å². The number of ether oxygens (including phenoxy) is 3. The van der Waals surface area contributed by atoms with Gasteiger partial charge in [-0.3, -0.25) is 0 Å². The zero-order valence-corrected chi connectivity index (χ0v) is 11.4. The summed E-state index contributed by atoms with van der Waals surface area (Å²) in [7, 11) is 1.69. The third kappa shape index (κ3) is 10.6. The van der Waals surface area contributed by atoms with Crippen molar-refractivity contribution < 1.29 is 14.2 Å². The van der Waals surface area contributed by atoms with Gasteiger partial charge in [-0.05, 0) is 19.8 Å². The number of hydrogen-bond acceptors (Lipinski definition) is 3. The third-order valence-corrected chi connectivity index (χ3v) is 2.63. The zero-order valence-electron chi connectivity index (χ0n) is 9.84. The van der Waals surface area contributed by atoms with Crippen molar-refractivity contribution in [3.63, 3.8) is 0 Å². The van der Waals surface area contributed by atoms with E-state index in [-0.39, 0.29) is 6.10 Å². The lowest BCUT2D eigenvalue weighted by molar-refractivity contribution is -0.0390. The topological polar surface area (TPSA) is 27.7 Å². The van der Waals surface area contributed by atoms with Crippen molar-refractivity contribution in [3.8, 4) is 0 Å². The standard InChI is InChI=1S/C11H23BrO3/c1-3-14-9-11(13-2)10-15-8-6-4-5-7-12/h11H,3-10H2,1-2H3. The molecule has 0 saturated carbocycles. The Morgan fingerprint density at radius 1 is 1.07 bits per heavy atom. The Morgan fingerprint density at radius 3 is 2.40 bits per heavy atom. The zero-order chi connectivity index (χ0) is 11.4. The lowest BCUT2D eigenvalue weighted by atomic mass is 10.3. The van der Waals surface area contributed by atoms with Crippen LogP contribution in [0.4, 0.5) is 0 Å². The summed E-state index contributed by atoms with van der Waals surface area (Å²) in [5.41, 5.74) is 0. The summed E-state index contributed by atoms with van der Waals surface area (Å²) in [6.45, 7) is 4.77. The first-order chi connectivity index (χ1) is 7.35. The molecule has 92 valence electrons. The van der Waals surface area contributed by atoms with Gasteiger partial charge in [0.1, 0.15) is 6.10 Å². The summed E-state index contributed by atoms with van der Waals surface area (Å²) >= 11 is 3.40. The molecule has 4 heteroatoms. The maximum absolute atomic E-state index is 5.51. The number of methoxy groups -OCH3 is 1. The fraction of sp³-hybridized carbons (Fsp3) is 1.00. The highest BCUT2D eigenvalue weighted by molar-refractivity contribution is 9.09. The predicted molar refractivity (Wildman–Crippen MR) is 65.8 cm³/mol. The molecular weight excluding hydrogens is 260 g/mol. The average molecular weight is 283 g/mol. The van der Waals surface area contributed by atoms with Gasteiger partial charge in [-0.2, -0.15) is 0 Å². The van der Waals surface area contributed by atoms with Crippen LogP contribution in [0.1, 0.15) is 26.2 Å². The minimum absolute atomic E-state index is 0.0705. The van der Waals surface area contributed by atoms with Crippen LogP contribution in [0.2, 0.25) is 0 Å². The summed E-state index contributed by atoms with van der Waals surface area (Å²) < 4.78 is 16.0. The van der Waals surface area contributed by atoms with E-state index in [2.05, 4.69) is 15.9 Å². The average Bonchev–Trinajstić information content (AvgIpc) is 2.27. The van der Waals surface area contributed by atoms with E-state index in [1.165, 1.54) is 12.8 Å². The highest BCUT2D eigenvalue weighted by Gasteiger charge is 2.06. The summed E-state index contributed by atoms with van der Waals surface area (Å²) in [4.78, 5) is 0. The van der Waals surface area contributed by atoms with Crippen molar-refractivity contribution >= 4 is 15.9 Å². The molecule has 0 bridgehead atoms. The van der Waals surface area contributed by atoms with Crippen LogP contribution in [-0.2, 0) is 14.2 Å². The Kier molecular flexibility index (Phi) is 12.7. The number of hydrogen-bond donors (Lipinski definition) is 0. The van der Waals surface area contributed by atoms with Crippen LogP contribution in [0.15, 0.2) is 0 Å². The number of alkyl halides is 1. The van der Waals surface area contributed by atoms with Crippen LogP contribution < -0.4 is 0 Å². The van der Waals surface area contributed by atoms with Gasteiger partial charge in [0.25, 0.3) is 0 Å². The summed E-state index contributed by atoms with van der Waals surface area (Å²) in [6.07, 6.45) is 3.63. The van der Waals surface area contributed by atoms with Crippen molar-refractivity contribution in [2.24, 2.45) is 0 Å². The molecule has 0 heterocycles. The summed E-state index contributed by atoms with van der Waals surface area (Å²) in [5, 5.41) is 1.08. The second-order valence-corrected chi connectivity index (χ2v) is 4.13. The van der Waals surface area contributed by atoms with Crippen LogP contribution >= 0.6 is 15.9 Å². The predicted octanol–water partition coefficient (Wildman–Crippen LogP) is 2.62. The van der Waals surface area contributed by atoms with Gasteiger partial charge in [0.05, 0.1) is 13.2 Å². The quantitative estimate of drug-likeness (QED) is 0.431. The Balaban J connectivity index is 3.22. The van der Waals surface area contributed by atoms with Gasteiger partial charge in [-0.25, -0.2) is 0 Å². The molecule has 0 amide bonds. The second-order valence-electron chi connectivity index (χ2n) is 3.34. The van der Waals surface area contributed by atoms with Gasteiger partial charge in [0.2, 0.25) is 0 Å². The second kappa shape index (κ2) is 12.4. The largest absolute Gasteiger partial charge is 0.379 e. The highest BCUT2D eigenvalue weighted by atomic mass is 79.9. The van der Waals surface area contributed by atoms with Crippen molar-refractivity contribution in [3.05, 3.63) is 0 Å². The van der Waals surface area contributed by atoms with Gasteiger partial charge in [0, 0.05) is 25.7 Å². The van der Waals surface area contributed by atoms with Gasteiger partial charge in [0.15, 0.2) is 0 Å². The number of unbranched alkanes of at least 4 members (excludes halogenated alkanes) is 2. The summed E-state index contributed by atoms with van der Waals surface area (Å²) in [6, 6.07) is 0. The van der Waals surface area contributed by atoms with Crippen LogP contribution in [0.5, 0.6) is 0 Å². The fourth-order valence-corrected chi connectivity index (χ4v) is 1.52. The van der Waals surface area contributed by atoms with E-state index in [4.69, 9.17) is 14.2 Å². The normalized spacial score (nSPS) is 13.0. The Hall–Kier alpha value is 0.360. The number of rotatable bonds is 11. The van der Waals surface area contributed by atoms with Crippen molar-refractivity contribution in [1.82, 2.24) is 0 Å². The monoisotopic (exact) mass is 282 g/mol. The van der Waals surface area contributed by atoms with E-state index in [0.29, 0.717) is 13.2 Å². The van der Waals surface area contributed by atoms with Crippen molar-refractivity contribution in [1.29, 1.82) is 0 Å². The maximum atomic E-state index is 5.51. The molecule has 0 aromatic carbocycles. The van der Waals surface area contributed by atoms with Gasteiger partial charge in [-0.1, -0.05) is 22.4 Å². The van der Waals surface area contributed by atoms with Crippen LogP contribution in [0.25, 0.3) is 0 Å². The van der Waals surface area contributed by atoms with E-state index in [0.717, 1.165) is 25.0 Å². The van der Waals surface area contributed by atoms with Crippen molar-refractivity contribution in [2.45, 2.75) is 32.3 Å². The van der Waals surface area contributed by atoms with E-state index < -0.39 is 0 Å². The molecule has 0 aliphatic heterocycles. The highest BCUT2D eigenvalue weighted by Crippen LogP contribution is 2.00. The first kappa shape index (κ1) is 15.4. The molecule has 0 saturated heterocycles. The Labute approximate surface area is 102 Å². The molecule has 0 aromatic heterocycles. The Morgan fingerprint density at radius 2 is 1.80 bits per heavy atom. The van der Waals surface area contributed by atoms with E-state index >= 15 is 0 Å². The molecule has 3 nitrogen and oxygen atoms in total. The molecule has 0 aliphatic rings. The molecule has 1 unspecified atom stereocenters. The number of halogens is 1. The fourth-order valence-electron chi connectivity index (χ4n) is 1.12. The van der Waals surface area contributed by atoms with Gasteiger partial charge in [-0.15, -0.1) is 0 Å². The molecular formula is C11H23BrO3. The minimum Gasteiger partial charge on any atom is -0.379 e. The molecule has 0 spiro atoms. The molecule has 1 atom stereocenters. The molecule has 0 radical (unpaired) electrons. The van der Waals surface area contributed by atoms with Crippen molar-refractivity contribution in [2.75, 3.05) is 38.9 Å². The minimum atomic E-state index is 0.0705. The molecule has 0 N–H and O–H groups in total. The Bertz CT molecular complexity index is 122. The van der Waals surface area contributed by atoms with E-state index in [1.54, 1.807) is 7.11 Å². The summed E-state index contributed by atoms with van der Waals surface area (Å²) in [5.74, 6) is 0. The van der Waals surface area contributed by atoms with Gasteiger partial charge >= 0.3 is 0 Å². The SMILES string of the molecule is CCOCC(COCCCCCBr)OC. The smallest absolute Gasteiger partial charge is 0.104 e. The van der Waals surface area contributed by atoms with Crippen LogP contribution in [0.3, 0.4) is 0 Å². The third-order valence-electron chi connectivity index (χ3n) is 2.07. The van der Waals surface area contributed by atoms with E-state index in [9.17, 15) is 0 Å². The maximum Gasteiger partial charge on any atom is 0.104 e. The molecule has 0 rings (SSSR count). The first-order valence-corrected chi connectivity index (χ1v) is 6.71. The first-order valence-electron chi connectivity index (χ1n) is 5.59. The molecule has 0 aliphatic carbocycles. The lowest BCUT2D eigenvalue weighted by Crippen LogP contribution is -2.24. The molecule has 0 fully saturated rings. The van der Waals surface area contributed by atoms with E-state index in [1.807, 2.05) is 6.92 Å². The van der Waals surface area contributed by atoms with Crippen LogP contribution in [0, 0.1) is 0 Å².